The van der Waals surface area contributed by atoms with Gasteiger partial charge in [-0.25, -0.2) is 0 Å². The standard InChI is InChI=1S/C17H25NO2S/c1-3-8-15(9-4-2)21-13-17(20)18-12-16(19)14-10-6-5-7-11-14/h5-7,10-11,15H,3-4,8-9,12-13H2,1-2H3,(H,18,20). The lowest BCUT2D eigenvalue weighted by molar-refractivity contribution is -0.118. The number of hydrogen-bond acceptors (Lipinski definition) is 3. The van der Waals surface area contributed by atoms with E-state index in [4.69, 9.17) is 0 Å². The predicted molar refractivity (Wildman–Crippen MR) is 89.8 cm³/mol. The van der Waals surface area contributed by atoms with E-state index in [1.165, 1.54) is 0 Å². The minimum Gasteiger partial charge on any atom is -0.348 e. The van der Waals surface area contributed by atoms with Crippen molar-refractivity contribution in [1.29, 1.82) is 0 Å². The average molecular weight is 307 g/mol. The number of nitrogens with one attached hydrogen (secondary N) is 1. The highest BCUT2D eigenvalue weighted by Crippen LogP contribution is 2.20. The highest BCUT2D eigenvalue weighted by molar-refractivity contribution is 8.00. The number of rotatable bonds is 10. The third kappa shape index (κ3) is 7.32. The first-order chi connectivity index (χ1) is 10.2. The molecule has 1 aromatic rings. The summed E-state index contributed by atoms with van der Waals surface area (Å²) in [7, 11) is 0. The molecular formula is C17H25NO2S. The molecule has 0 aliphatic carbocycles. The smallest absolute Gasteiger partial charge is 0.230 e. The third-order valence-corrected chi connectivity index (χ3v) is 4.58. The van der Waals surface area contributed by atoms with Crippen LogP contribution >= 0.6 is 11.8 Å². The van der Waals surface area contributed by atoms with Gasteiger partial charge in [0.15, 0.2) is 5.78 Å². The summed E-state index contributed by atoms with van der Waals surface area (Å²) in [5.41, 5.74) is 0.639. The highest BCUT2D eigenvalue weighted by atomic mass is 32.2. The van der Waals surface area contributed by atoms with Crippen LogP contribution in [0.4, 0.5) is 0 Å². The summed E-state index contributed by atoms with van der Waals surface area (Å²) in [4.78, 5) is 23.7. The molecule has 0 fully saturated rings. The van der Waals surface area contributed by atoms with Crippen LogP contribution in [0.5, 0.6) is 0 Å². The molecule has 0 aliphatic rings. The van der Waals surface area contributed by atoms with Crippen molar-refractivity contribution in [2.45, 2.75) is 44.8 Å². The Balaban J connectivity index is 2.29. The summed E-state index contributed by atoms with van der Waals surface area (Å²) in [6.07, 6.45) is 4.58. The number of carbonyl (C=O) groups excluding carboxylic acids is 2. The zero-order valence-corrected chi connectivity index (χ0v) is 13.7. The first-order valence-corrected chi connectivity index (χ1v) is 8.68. The van der Waals surface area contributed by atoms with Gasteiger partial charge in [0.2, 0.25) is 5.91 Å². The molecule has 0 bridgehead atoms. The van der Waals surface area contributed by atoms with Gasteiger partial charge >= 0.3 is 0 Å². The Morgan fingerprint density at radius 2 is 1.71 bits per heavy atom. The van der Waals surface area contributed by atoms with E-state index in [0.717, 1.165) is 25.7 Å². The van der Waals surface area contributed by atoms with Crippen LogP contribution in [0.25, 0.3) is 0 Å². The van der Waals surface area contributed by atoms with Gasteiger partial charge in [-0.1, -0.05) is 57.0 Å². The van der Waals surface area contributed by atoms with E-state index in [0.29, 0.717) is 16.6 Å². The van der Waals surface area contributed by atoms with E-state index in [9.17, 15) is 9.59 Å². The zero-order valence-electron chi connectivity index (χ0n) is 12.9. The molecule has 0 saturated carbocycles. The van der Waals surface area contributed by atoms with E-state index in [-0.39, 0.29) is 18.2 Å². The van der Waals surface area contributed by atoms with Gasteiger partial charge in [-0.2, -0.15) is 0 Å². The van der Waals surface area contributed by atoms with Crippen LogP contribution in [0.3, 0.4) is 0 Å². The Morgan fingerprint density at radius 1 is 1.10 bits per heavy atom. The van der Waals surface area contributed by atoms with Crippen molar-refractivity contribution in [3.8, 4) is 0 Å². The Hall–Kier alpha value is -1.29. The van der Waals surface area contributed by atoms with Crippen molar-refractivity contribution in [1.82, 2.24) is 5.32 Å². The first-order valence-electron chi connectivity index (χ1n) is 7.63. The van der Waals surface area contributed by atoms with Gasteiger partial charge in [-0.15, -0.1) is 11.8 Å². The maximum atomic E-state index is 11.9. The van der Waals surface area contributed by atoms with Crippen molar-refractivity contribution < 1.29 is 9.59 Å². The topological polar surface area (TPSA) is 46.2 Å². The number of ketones is 1. The lowest BCUT2D eigenvalue weighted by Gasteiger charge is -2.14. The molecule has 4 heteroatoms. The second-order valence-electron chi connectivity index (χ2n) is 5.08. The predicted octanol–water partition coefficient (Wildman–Crippen LogP) is 3.69. The summed E-state index contributed by atoms with van der Waals surface area (Å²) >= 11 is 1.70. The molecule has 0 heterocycles. The van der Waals surface area contributed by atoms with Gasteiger partial charge in [-0.05, 0) is 12.8 Å². The van der Waals surface area contributed by atoms with Crippen LogP contribution < -0.4 is 5.32 Å². The van der Waals surface area contributed by atoms with E-state index in [1.54, 1.807) is 23.9 Å². The zero-order chi connectivity index (χ0) is 15.5. The maximum Gasteiger partial charge on any atom is 0.230 e. The number of benzene rings is 1. The van der Waals surface area contributed by atoms with Crippen molar-refractivity contribution in [3.05, 3.63) is 35.9 Å². The maximum absolute atomic E-state index is 11.9. The van der Waals surface area contributed by atoms with Gasteiger partial charge < -0.3 is 5.32 Å². The van der Waals surface area contributed by atoms with E-state index < -0.39 is 0 Å². The van der Waals surface area contributed by atoms with Crippen LogP contribution in [0.1, 0.15) is 49.9 Å². The quantitative estimate of drug-likeness (QED) is 0.671. The molecule has 0 saturated heterocycles. The molecule has 0 atom stereocenters. The molecule has 21 heavy (non-hydrogen) atoms. The van der Waals surface area contributed by atoms with Crippen molar-refractivity contribution >= 4 is 23.5 Å². The normalized spacial score (nSPS) is 10.6. The molecular weight excluding hydrogens is 282 g/mol. The lowest BCUT2D eigenvalue weighted by atomic mass is 10.1. The summed E-state index contributed by atoms with van der Waals surface area (Å²) in [6, 6.07) is 9.05. The van der Waals surface area contributed by atoms with Crippen LogP contribution in [0, 0.1) is 0 Å². The Bertz CT molecular complexity index is 428. The molecule has 0 aromatic heterocycles. The highest BCUT2D eigenvalue weighted by Gasteiger charge is 2.11. The minimum atomic E-state index is -0.0542. The molecule has 1 amide bonds. The van der Waals surface area contributed by atoms with E-state index >= 15 is 0 Å². The number of carbonyl (C=O) groups is 2. The molecule has 0 aliphatic heterocycles. The van der Waals surface area contributed by atoms with Gasteiger partial charge in [0.05, 0.1) is 12.3 Å². The fourth-order valence-electron chi connectivity index (χ4n) is 2.10. The average Bonchev–Trinajstić information content (AvgIpc) is 2.51. The fraction of sp³-hybridized carbons (Fsp3) is 0.529. The monoisotopic (exact) mass is 307 g/mol. The molecule has 3 nitrogen and oxygen atoms in total. The van der Waals surface area contributed by atoms with Crippen LogP contribution in [-0.2, 0) is 4.79 Å². The Labute approximate surface area is 131 Å². The van der Waals surface area contributed by atoms with E-state index in [2.05, 4.69) is 19.2 Å². The summed E-state index contributed by atoms with van der Waals surface area (Å²) in [6.45, 7) is 4.42. The first kappa shape index (κ1) is 17.8. The fourth-order valence-corrected chi connectivity index (χ4v) is 3.40. The van der Waals surface area contributed by atoms with E-state index in [1.807, 2.05) is 18.2 Å². The second-order valence-corrected chi connectivity index (χ2v) is 6.36. The summed E-state index contributed by atoms with van der Waals surface area (Å²) in [5, 5.41) is 3.26. The van der Waals surface area contributed by atoms with Crippen LogP contribution in [0.15, 0.2) is 30.3 Å². The number of amides is 1. The summed E-state index contributed by atoms with van der Waals surface area (Å²) in [5.74, 6) is 0.335. The molecule has 0 radical (unpaired) electrons. The third-order valence-electron chi connectivity index (χ3n) is 3.21. The molecule has 1 rings (SSSR count). The van der Waals surface area contributed by atoms with Crippen molar-refractivity contribution in [2.75, 3.05) is 12.3 Å². The van der Waals surface area contributed by atoms with Gasteiger partial charge in [0.25, 0.3) is 0 Å². The molecule has 1 N–H and O–H groups in total. The van der Waals surface area contributed by atoms with Crippen LogP contribution in [-0.4, -0.2) is 29.2 Å². The second kappa shape index (κ2) is 10.4. The van der Waals surface area contributed by atoms with Crippen molar-refractivity contribution in [3.63, 3.8) is 0 Å². The van der Waals surface area contributed by atoms with Gasteiger partial charge in [0, 0.05) is 10.8 Å². The van der Waals surface area contributed by atoms with Gasteiger partial charge in [0.1, 0.15) is 0 Å². The minimum absolute atomic E-state index is 0.0485. The SMILES string of the molecule is CCCC(CCC)SCC(=O)NCC(=O)c1ccccc1. The van der Waals surface area contributed by atoms with Crippen LogP contribution in [0.2, 0.25) is 0 Å². The largest absolute Gasteiger partial charge is 0.348 e. The molecule has 0 unspecified atom stereocenters. The molecule has 116 valence electrons. The van der Waals surface area contributed by atoms with Gasteiger partial charge in [-0.3, -0.25) is 9.59 Å². The Kier molecular flexibility index (Phi) is 8.83. The van der Waals surface area contributed by atoms with Crippen molar-refractivity contribution in [2.24, 2.45) is 0 Å². The Morgan fingerprint density at radius 3 is 2.29 bits per heavy atom. The molecule has 0 spiro atoms. The lowest BCUT2D eigenvalue weighted by Crippen LogP contribution is -2.31. The number of hydrogen-bond donors (Lipinski definition) is 1. The molecule has 1 aromatic carbocycles. The summed E-state index contributed by atoms with van der Waals surface area (Å²) < 4.78 is 0. The number of thioether (sulfide) groups is 1. The number of Topliss-reactive ketones (excluding diaryl/α,β-unsaturated/α-hetero) is 1.